The predicted molar refractivity (Wildman–Crippen MR) is 72.9 cm³/mol. The van der Waals surface area contributed by atoms with Gasteiger partial charge in [0.2, 0.25) is 5.78 Å². The summed E-state index contributed by atoms with van der Waals surface area (Å²) in [5.41, 5.74) is 0.480. The second kappa shape index (κ2) is 6.36. The fourth-order valence-electron chi connectivity index (χ4n) is 1.64. The van der Waals surface area contributed by atoms with E-state index in [9.17, 15) is 18.8 Å². The maximum absolute atomic E-state index is 13.5. The van der Waals surface area contributed by atoms with E-state index in [-0.39, 0.29) is 17.9 Å². The van der Waals surface area contributed by atoms with Crippen LogP contribution >= 0.6 is 11.3 Å². The smallest absolute Gasteiger partial charge is 0.372 e. The standard InChI is InChI=1S/C14H10FNO4S/c15-9-4-2-1-3-8(9)5-13-16-10(7-21-13)11(17)6-12(18)14(19)20/h1-4,7H,5-6H2,(H,19,20). The summed E-state index contributed by atoms with van der Waals surface area (Å²) in [6.07, 6.45) is -0.490. The van der Waals surface area contributed by atoms with Crippen molar-refractivity contribution in [2.24, 2.45) is 0 Å². The number of carbonyl (C=O) groups excluding carboxylic acids is 2. The number of carboxylic acid groups (broad SMARTS) is 1. The van der Waals surface area contributed by atoms with E-state index in [0.717, 1.165) is 11.3 Å². The first-order valence-electron chi connectivity index (χ1n) is 5.94. The quantitative estimate of drug-likeness (QED) is 0.502. The molecule has 0 amide bonds. The van der Waals surface area contributed by atoms with Gasteiger partial charge in [0.25, 0.3) is 0 Å². The summed E-state index contributed by atoms with van der Waals surface area (Å²) in [4.78, 5) is 37.1. The van der Waals surface area contributed by atoms with Gasteiger partial charge >= 0.3 is 5.97 Å². The van der Waals surface area contributed by atoms with Crippen LogP contribution in [0.25, 0.3) is 0 Å². The Labute approximate surface area is 123 Å². The molecule has 2 aromatic rings. The number of hydrogen-bond acceptors (Lipinski definition) is 5. The van der Waals surface area contributed by atoms with E-state index < -0.39 is 24.0 Å². The number of carbonyl (C=O) groups is 3. The van der Waals surface area contributed by atoms with E-state index in [1.165, 1.54) is 11.4 Å². The lowest BCUT2D eigenvalue weighted by Gasteiger charge is -1.99. The van der Waals surface area contributed by atoms with Gasteiger partial charge in [-0.1, -0.05) is 18.2 Å². The average molecular weight is 307 g/mol. The highest BCUT2D eigenvalue weighted by atomic mass is 32.1. The number of benzene rings is 1. The summed E-state index contributed by atoms with van der Waals surface area (Å²) < 4.78 is 13.5. The molecule has 0 saturated heterocycles. The molecule has 1 heterocycles. The fraction of sp³-hybridized carbons (Fsp3) is 0.143. The van der Waals surface area contributed by atoms with E-state index in [1.807, 2.05) is 0 Å². The molecule has 0 fully saturated rings. The Hall–Kier alpha value is -2.41. The molecule has 7 heteroatoms. The number of hydrogen-bond donors (Lipinski definition) is 1. The van der Waals surface area contributed by atoms with Crippen LogP contribution in [-0.4, -0.2) is 27.6 Å². The molecular weight excluding hydrogens is 297 g/mol. The molecule has 1 aromatic carbocycles. The van der Waals surface area contributed by atoms with E-state index in [1.54, 1.807) is 18.2 Å². The highest BCUT2D eigenvalue weighted by molar-refractivity contribution is 7.09. The van der Waals surface area contributed by atoms with Crippen LogP contribution in [0.2, 0.25) is 0 Å². The molecule has 0 bridgehead atoms. The molecular formula is C14H10FNO4S. The maximum atomic E-state index is 13.5. The minimum atomic E-state index is -1.65. The van der Waals surface area contributed by atoms with Crippen molar-refractivity contribution in [3.8, 4) is 0 Å². The van der Waals surface area contributed by atoms with Gasteiger partial charge in [-0.3, -0.25) is 9.59 Å². The lowest BCUT2D eigenvalue weighted by molar-refractivity contribution is -0.148. The Balaban J connectivity index is 2.08. The van der Waals surface area contributed by atoms with E-state index in [4.69, 9.17) is 5.11 Å². The molecule has 0 aliphatic carbocycles. The van der Waals surface area contributed by atoms with Crippen molar-refractivity contribution in [3.63, 3.8) is 0 Å². The zero-order chi connectivity index (χ0) is 15.4. The number of aliphatic carboxylic acids is 1. The third-order valence-electron chi connectivity index (χ3n) is 2.70. The van der Waals surface area contributed by atoms with Crippen LogP contribution in [0.3, 0.4) is 0 Å². The van der Waals surface area contributed by atoms with Crippen LogP contribution < -0.4 is 0 Å². The number of carboxylic acids is 1. The minimum absolute atomic E-state index is 0.0286. The number of aromatic nitrogens is 1. The Kier molecular flexibility index (Phi) is 4.54. The second-order valence-corrected chi connectivity index (χ2v) is 5.17. The van der Waals surface area contributed by atoms with Crippen LogP contribution in [0.15, 0.2) is 29.6 Å². The van der Waals surface area contributed by atoms with Gasteiger partial charge in [-0.25, -0.2) is 14.2 Å². The Morgan fingerprint density at radius 2 is 1.95 bits per heavy atom. The fourth-order valence-corrected chi connectivity index (χ4v) is 2.46. The Bertz CT molecular complexity index is 711. The van der Waals surface area contributed by atoms with Gasteiger partial charge in [-0.05, 0) is 11.6 Å². The Morgan fingerprint density at radius 3 is 2.62 bits per heavy atom. The van der Waals surface area contributed by atoms with E-state index in [0.29, 0.717) is 10.6 Å². The molecule has 0 radical (unpaired) electrons. The SMILES string of the molecule is O=C(O)C(=O)CC(=O)c1csc(Cc2ccccc2F)n1. The molecule has 21 heavy (non-hydrogen) atoms. The van der Waals surface area contributed by atoms with Gasteiger partial charge < -0.3 is 5.11 Å². The lowest BCUT2D eigenvalue weighted by atomic mass is 10.1. The Morgan fingerprint density at radius 1 is 1.24 bits per heavy atom. The molecule has 0 aliphatic rings. The van der Waals surface area contributed by atoms with Crippen molar-refractivity contribution in [1.82, 2.24) is 4.98 Å². The summed E-state index contributed by atoms with van der Waals surface area (Å²) in [6.45, 7) is 0. The van der Waals surface area contributed by atoms with Crippen LogP contribution in [0.5, 0.6) is 0 Å². The average Bonchev–Trinajstić information content (AvgIpc) is 2.90. The highest BCUT2D eigenvalue weighted by Crippen LogP contribution is 2.17. The van der Waals surface area contributed by atoms with E-state index in [2.05, 4.69) is 4.98 Å². The number of ketones is 2. The topological polar surface area (TPSA) is 84.3 Å². The van der Waals surface area contributed by atoms with Crippen molar-refractivity contribution in [2.75, 3.05) is 0 Å². The summed E-state index contributed by atoms with van der Waals surface area (Å²) in [6, 6.07) is 6.23. The third kappa shape index (κ3) is 3.79. The molecule has 108 valence electrons. The lowest BCUT2D eigenvalue weighted by Crippen LogP contribution is -2.17. The number of rotatable bonds is 6. The minimum Gasteiger partial charge on any atom is -0.475 e. The molecule has 1 aromatic heterocycles. The number of thiazole rings is 1. The summed E-state index contributed by atoms with van der Waals surface area (Å²) in [7, 11) is 0. The summed E-state index contributed by atoms with van der Waals surface area (Å²) in [5, 5.41) is 10.4. The normalized spacial score (nSPS) is 10.3. The predicted octanol–water partition coefficient (Wildman–Crippen LogP) is 2.10. The van der Waals surface area contributed by atoms with Gasteiger partial charge in [0.15, 0.2) is 5.78 Å². The van der Waals surface area contributed by atoms with Crippen LogP contribution in [0.1, 0.15) is 27.5 Å². The van der Waals surface area contributed by atoms with Gasteiger partial charge in [-0.2, -0.15) is 0 Å². The third-order valence-corrected chi connectivity index (χ3v) is 3.55. The van der Waals surface area contributed by atoms with Crippen molar-refractivity contribution < 1.29 is 23.9 Å². The zero-order valence-electron chi connectivity index (χ0n) is 10.7. The monoisotopic (exact) mass is 307 g/mol. The second-order valence-electron chi connectivity index (χ2n) is 4.22. The number of halogens is 1. The van der Waals surface area contributed by atoms with Gasteiger partial charge in [0.05, 0.1) is 11.4 Å². The van der Waals surface area contributed by atoms with Crippen LogP contribution in [0, 0.1) is 5.82 Å². The highest BCUT2D eigenvalue weighted by Gasteiger charge is 2.20. The maximum Gasteiger partial charge on any atom is 0.372 e. The number of Topliss-reactive ketones (excluding diaryl/α,β-unsaturated/α-hetero) is 2. The van der Waals surface area contributed by atoms with Crippen molar-refractivity contribution in [1.29, 1.82) is 0 Å². The summed E-state index contributed by atoms with van der Waals surface area (Å²) >= 11 is 1.16. The molecule has 2 rings (SSSR count). The molecule has 5 nitrogen and oxygen atoms in total. The van der Waals surface area contributed by atoms with Crippen LogP contribution in [-0.2, 0) is 16.0 Å². The first-order valence-corrected chi connectivity index (χ1v) is 6.82. The first kappa shape index (κ1) is 15.0. The van der Waals surface area contributed by atoms with Crippen molar-refractivity contribution in [3.05, 3.63) is 51.7 Å². The first-order chi connectivity index (χ1) is 9.97. The molecule has 0 unspecified atom stereocenters. The molecule has 0 spiro atoms. The molecule has 1 N–H and O–H groups in total. The van der Waals surface area contributed by atoms with Crippen molar-refractivity contribution in [2.45, 2.75) is 12.8 Å². The zero-order valence-corrected chi connectivity index (χ0v) is 11.5. The van der Waals surface area contributed by atoms with Gasteiger partial charge in [0, 0.05) is 11.8 Å². The molecule has 0 saturated carbocycles. The van der Waals surface area contributed by atoms with Crippen molar-refractivity contribution >= 4 is 28.9 Å². The van der Waals surface area contributed by atoms with Gasteiger partial charge in [0.1, 0.15) is 11.5 Å². The van der Waals surface area contributed by atoms with Gasteiger partial charge in [-0.15, -0.1) is 11.3 Å². The van der Waals surface area contributed by atoms with E-state index >= 15 is 0 Å². The largest absolute Gasteiger partial charge is 0.475 e. The molecule has 0 aliphatic heterocycles. The summed E-state index contributed by atoms with van der Waals surface area (Å²) in [5.74, 6) is -3.84. The number of nitrogens with zero attached hydrogens (tertiary/aromatic N) is 1. The van der Waals surface area contributed by atoms with Crippen LogP contribution in [0.4, 0.5) is 4.39 Å². The molecule has 0 atom stereocenters.